The molecule has 2 N–H and O–H groups in total. The number of carbonyl (C=O) groups is 1. The van der Waals surface area contributed by atoms with Gasteiger partial charge in [-0.1, -0.05) is 48.5 Å². The molecule has 11 heteroatoms. The molecular weight excluding hydrogens is 538 g/mol. The van der Waals surface area contributed by atoms with Crippen molar-refractivity contribution >= 4 is 48.1 Å². The van der Waals surface area contributed by atoms with Crippen LogP contribution in [-0.4, -0.2) is 53.4 Å². The molecule has 0 saturated carbocycles. The first-order chi connectivity index (χ1) is 18.7. The lowest BCUT2D eigenvalue weighted by Gasteiger charge is -2.26. The number of hydrogen-bond acceptors (Lipinski definition) is 6. The van der Waals surface area contributed by atoms with E-state index in [0.29, 0.717) is 48.8 Å². The van der Waals surface area contributed by atoms with Crippen molar-refractivity contribution in [1.29, 1.82) is 0 Å². The molecule has 1 fully saturated rings. The smallest absolute Gasteiger partial charge is 0.261 e. The van der Waals surface area contributed by atoms with Crippen LogP contribution in [0.3, 0.4) is 0 Å². The summed E-state index contributed by atoms with van der Waals surface area (Å²) in [6.07, 6.45) is 0. The van der Waals surface area contributed by atoms with Gasteiger partial charge >= 0.3 is 0 Å². The van der Waals surface area contributed by atoms with E-state index in [9.17, 15) is 21.6 Å². The molecule has 0 aliphatic carbocycles. The molecule has 4 aromatic rings. The van der Waals surface area contributed by atoms with Gasteiger partial charge in [-0.2, -0.15) is 4.31 Å². The quantitative estimate of drug-likeness (QED) is 0.332. The van der Waals surface area contributed by atoms with E-state index in [0.717, 1.165) is 10.8 Å². The molecule has 4 aromatic carbocycles. The Morgan fingerprint density at radius 3 is 2.18 bits per heavy atom. The molecule has 5 rings (SSSR count). The minimum absolute atomic E-state index is 0.0549. The summed E-state index contributed by atoms with van der Waals surface area (Å²) in [7, 11) is -7.32. The van der Waals surface area contributed by atoms with Crippen LogP contribution in [0.1, 0.15) is 15.9 Å². The second-order valence-electron chi connectivity index (χ2n) is 9.08. The van der Waals surface area contributed by atoms with E-state index in [1.807, 2.05) is 30.3 Å². The number of fused-ring (bicyclic) bond motifs is 1. The molecule has 1 heterocycles. The first kappa shape index (κ1) is 26.8. The topological polar surface area (TPSA) is 122 Å². The van der Waals surface area contributed by atoms with Crippen molar-refractivity contribution in [1.82, 2.24) is 4.31 Å². The number of anilines is 2. The molecular formula is C28H27N3O6S2. The molecule has 1 aliphatic rings. The first-order valence-electron chi connectivity index (χ1n) is 12.3. The molecule has 1 aliphatic heterocycles. The normalized spacial score (nSPS) is 14.7. The standard InChI is InChI=1S/C28H27N3O6S2/c32-28(23-10-8-21(9-11-23)20-38(33,34)31-16-18-37-19-17-31)29-24-12-14-25(15-13-24)39(35,36)30-27-7-3-5-22-4-1-2-6-26(22)27/h1-15,30H,16-20H2,(H,29,32). The van der Waals surface area contributed by atoms with E-state index in [4.69, 9.17) is 4.74 Å². The molecule has 0 unspecified atom stereocenters. The zero-order valence-electron chi connectivity index (χ0n) is 20.9. The lowest BCUT2D eigenvalue weighted by atomic mass is 10.1. The van der Waals surface area contributed by atoms with Gasteiger partial charge in [-0.15, -0.1) is 0 Å². The van der Waals surface area contributed by atoms with Crippen LogP contribution >= 0.6 is 0 Å². The van der Waals surface area contributed by atoms with Gasteiger partial charge in [0.1, 0.15) is 0 Å². The highest BCUT2D eigenvalue weighted by Crippen LogP contribution is 2.26. The second kappa shape index (κ2) is 11.1. The van der Waals surface area contributed by atoms with Crippen LogP contribution in [0.2, 0.25) is 0 Å². The minimum atomic E-state index is -3.85. The van der Waals surface area contributed by atoms with Crippen LogP contribution in [0.15, 0.2) is 95.9 Å². The zero-order chi connectivity index (χ0) is 27.5. The van der Waals surface area contributed by atoms with Gasteiger partial charge in [-0.05, 0) is 53.4 Å². The molecule has 0 radical (unpaired) electrons. The van der Waals surface area contributed by atoms with Crippen molar-refractivity contribution < 1.29 is 26.4 Å². The average molecular weight is 566 g/mol. The summed E-state index contributed by atoms with van der Waals surface area (Å²) in [5.74, 6) is -0.556. The van der Waals surface area contributed by atoms with Gasteiger partial charge in [0, 0.05) is 29.7 Å². The molecule has 202 valence electrons. The van der Waals surface area contributed by atoms with E-state index >= 15 is 0 Å². The average Bonchev–Trinajstić information content (AvgIpc) is 2.94. The highest BCUT2D eigenvalue weighted by molar-refractivity contribution is 7.92. The molecule has 0 spiro atoms. The molecule has 0 aromatic heterocycles. The Kier molecular flexibility index (Phi) is 7.67. The lowest BCUT2D eigenvalue weighted by molar-refractivity contribution is 0.0729. The fourth-order valence-corrected chi connectivity index (χ4v) is 6.90. The summed E-state index contributed by atoms with van der Waals surface area (Å²) < 4.78 is 60.5. The number of carbonyl (C=O) groups excluding carboxylic acids is 1. The fraction of sp³-hybridized carbons (Fsp3) is 0.179. The second-order valence-corrected chi connectivity index (χ2v) is 12.7. The summed E-state index contributed by atoms with van der Waals surface area (Å²) >= 11 is 0. The third-order valence-electron chi connectivity index (χ3n) is 6.39. The Labute approximate surface area is 227 Å². The van der Waals surface area contributed by atoms with Crippen molar-refractivity contribution in [2.45, 2.75) is 10.6 Å². The predicted octanol–water partition coefficient (Wildman–Crippen LogP) is 4.05. The van der Waals surface area contributed by atoms with E-state index in [1.54, 1.807) is 36.4 Å². The third-order valence-corrected chi connectivity index (χ3v) is 9.62. The summed E-state index contributed by atoms with van der Waals surface area (Å²) in [6.45, 7) is 1.43. The maximum absolute atomic E-state index is 13.0. The largest absolute Gasteiger partial charge is 0.379 e. The monoisotopic (exact) mass is 565 g/mol. The molecule has 1 saturated heterocycles. The van der Waals surface area contributed by atoms with E-state index in [2.05, 4.69) is 10.0 Å². The Morgan fingerprint density at radius 2 is 1.46 bits per heavy atom. The number of hydrogen-bond donors (Lipinski definition) is 2. The van der Waals surface area contributed by atoms with Crippen molar-refractivity contribution in [3.8, 4) is 0 Å². The van der Waals surface area contributed by atoms with E-state index < -0.39 is 26.0 Å². The molecule has 0 atom stereocenters. The molecule has 39 heavy (non-hydrogen) atoms. The van der Waals surface area contributed by atoms with Gasteiger partial charge in [0.15, 0.2) is 0 Å². The number of sulfonamides is 2. The van der Waals surface area contributed by atoms with Crippen LogP contribution in [0.25, 0.3) is 10.8 Å². The Morgan fingerprint density at radius 1 is 0.795 bits per heavy atom. The van der Waals surface area contributed by atoms with Gasteiger partial charge < -0.3 is 10.1 Å². The third kappa shape index (κ3) is 6.28. The van der Waals surface area contributed by atoms with Gasteiger partial charge in [0.05, 0.1) is 29.5 Å². The summed E-state index contributed by atoms with van der Waals surface area (Å²) in [5.41, 5.74) is 1.82. The summed E-state index contributed by atoms with van der Waals surface area (Å²) in [4.78, 5) is 12.8. The highest BCUT2D eigenvalue weighted by Gasteiger charge is 2.24. The first-order valence-corrected chi connectivity index (χ1v) is 15.4. The Balaban J connectivity index is 1.22. The number of morpholine rings is 1. The van der Waals surface area contributed by atoms with Gasteiger partial charge in [0.2, 0.25) is 10.0 Å². The summed E-state index contributed by atoms with van der Waals surface area (Å²) in [5, 5.41) is 4.44. The maximum Gasteiger partial charge on any atom is 0.261 e. The number of benzene rings is 4. The Bertz CT molecular complexity index is 1690. The highest BCUT2D eigenvalue weighted by atomic mass is 32.2. The number of ether oxygens (including phenoxy) is 1. The van der Waals surface area contributed by atoms with E-state index in [-0.39, 0.29) is 10.6 Å². The van der Waals surface area contributed by atoms with Crippen LogP contribution < -0.4 is 10.0 Å². The number of nitrogens with zero attached hydrogens (tertiary/aromatic N) is 1. The number of rotatable bonds is 8. The van der Waals surface area contributed by atoms with Gasteiger partial charge in [-0.25, -0.2) is 16.8 Å². The predicted molar refractivity (Wildman–Crippen MR) is 151 cm³/mol. The van der Waals surface area contributed by atoms with Crippen molar-refractivity contribution in [3.05, 3.63) is 102 Å². The van der Waals surface area contributed by atoms with Crippen molar-refractivity contribution in [3.63, 3.8) is 0 Å². The summed E-state index contributed by atoms with van der Waals surface area (Å²) in [6, 6.07) is 25.1. The van der Waals surface area contributed by atoms with Gasteiger partial charge in [-0.3, -0.25) is 9.52 Å². The minimum Gasteiger partial charge on any atom is -0.379 e. The SMILES string of the molecule is O=C(Nc1ccc(S(=O)(=O)Nc2cccc3ccccc23)cc1)c1ccc(CS(=O)(=O)N2CCOCC2)cc1. The Hall–Kier alpha value is -3.77. The van der Waals surface area contributed by atoms with Crippen molar-refractivity contribution in [2.24, 2.45) is 0 Å². The van der Waals surface area contributed by atoms with Crippen LogP contribution in [0, 0.1) is 0 Å². The van der Waals surface area contributed by atoms with Crippen molar-refractivity contribution in [2.75, 3.05) is 36.3 Å². The maximum atomic E-state index is 13.0. The van der Waals surface area contributed by atoms with Crippen LogP contribution in [0.4, 0.5) is 11.4 Å². The molecule has 9 nitrogen and oxygen atoms in total. The number of nitrogens with one attached hydrogen (secondary N) is 2. The zero-order valence-corrected chi connectivity index (χ0v) is 22.5. The molecule has 1 amide bonds. The molecule has 0 bridgehead atoms. The van der Waals surface area contributed by atoms with Gasteiger partial charge in [0.25, 0.3) is 15.9 Å². The van der Waals surface area contributed by atoms with E-state index in [1.165, 1.54) is 28.6 Å². The lowest BCUT2D eigenvalue weighted by Crippen LogP contribution is -2.41. The van der Waals surface area contributed by atoms with Crippen LogP contribution in [0.5, 0.6) is 0 Å². The number of amides is 1. The fourth-order valence-electron chi connectivity index (χ4n) is 4.32. The van der Waals surface area contributed by atoms with Crippen LogP contribution in [-0.2, 0) is 30.5 Å².